The van der Waals surface area contributed by atoms with Gasteiger partial charge in [0.1, 0.15) is 0 Å². The molecular weight excluding hydrogens is 324 g/mol. The van der Waals surface area contributed by atoms with Crippen molar-refractivity contribution >= 4 is 20.0 Å². The first-order chi connectivity index (χ1) is 11.2. The van der Waals surface area contributed by atoms with Crippen molar-refractivity contribution in [1.29, 1.82) is 0 Å². The molecule has 0 aromatic carbocycles. The van der Waals surface area contributed by atoms with Crippen LogP contribution in [-0.4, -0.2) is 39.5 Å². The standard InChI is InChI=1S/C18H32O5Si/c1-14(19)22-18(17(20)21-2)23-16(12-9-13-24(3,4)5)15-10-7-6-8-11-15/h9,13,15-16,18H,6-8,10-12H2,1-5H3/b13-9+. The number of rotatable bonds is 8. The highest BCUT2D eigenvalue weighted by atomic mass is 28.3. The maximum Gasteiger partial charge on any atom is 0.376 e. The van der Waals surface area contributed by atoms with Gasteiger partial charge in [-0.1, -0.05) is 50.7 Å². The van der Waals surface area contributed by atoms with Gasteiger partial charge in [0.05, 0.1) is 21.3 Å². The predicted octanol–water partition coefficient (Wildman–Crippen LogP) is 3.84. The number of methoxy groups -OCH3 is 1. The fraction of sp³-hybridized carbons (Fsp3) is 0.778. The Morgan fingerprint density at radius 3 is 2.29 bits per heavy atom. The van der Waals surface area contributed by atoms with Crippen molar-refractivity contribution in [3.63, 3.8) is 0 Å². The van der Waals surface area contributed by atoms with Crippen molar-refractivity contribution in [2.24, 2.45) is 5.92 Å². The minimum Gasteiger partial charge on any atom is -0.464 e. The molecule has 1 aliphatic carbocycles. The Bertz CT molecular complexity index is 435. The lowest BCUT2D eigenvalue weighted by atomic mass is 9.84. The van der Waals surface area contributed by atoms with E-state index in [1.165, 1.54) is 33.3 Å². The van der Waals surface area contributed by atoms with Gasteiger partial charge in [0.2, 0.25) is 0 Å². The summed E-state index contributed by atoms with van der Waals surface area (Å²) in [6, 6.07) is 0. The summed E-state index contributed by atoms with van der Waals surface area (Å²) in [5.41, 5.74) is 2.28. The van der Waals surface area contributed by atoms with Gasteiger partial charge in [0, 0.05) is 6.92 Å². The summed E-state index contributed by atoms with van der Waals surface area (Å²) in [7, 11) is -0.0147. The van der Waals surface area contributed by atoms with E-state index in [9.17, 15) is 9.59 Å². The van der Waals surface area contributed by atoms with E-state index in [1.807, 2.05) is 0 Å². The van der Waals surface area contributed by atoms with E-state index in [4.69, 9.17) is 14.2 Å². The van der Waals surface area contributed by atoms with Gasteiger partial charge in [-0.2, -0.15) is 0 Å². The smallest absolute Gasteiger partial charge is 0.376 e. The average molecular weight is 357 g/mol. The Hall–Kier alpha value is -1.14. The van der Waals surface area contributed by atoms with Gasteiger partial charge in [-0.05, 0) is 25.2 Å². The van der Waals surface area contributed by atoms with E-state index in [0.29, 0.717) is 5.92 Å². The Morgan fingerprint density at radius 2 is 1.79 bits per heavy atom. The summed E-state index contributed by atoms with van der Waals surface area (Å²) < 4.78 is 15.6. The van der Waals surface area contributed by atoms with Gasteiger partial charge in [0.15, 0.2) is 0 Å². The lowest BCUT2D eigenvalue weighted by Crippen LogP contribution is -2.37. The third-order valence-electron chi connectivity index (χ3n) is 4.13. The average Bonchev–Trinajstić information content (AvgIpc) is 2.51. The van der Waals surface area contributed by atoms with Gasteiger partial charge in [0.25, 0.3) is 0 Å². The number of hydrogen-bond donors (Lipinski definition) is 0. The molecule has 0 amide bonds. The molecule has 0 aliphatic heterocycles. The van der Waals surface area contributed by atoms with Crippen LogP contribution in [0.5, 0.6) is 0 Å². The first-order valence-electron chi connectivity index (χ1n) is 8.81. The number of hydrogen-bond acceptors (Lipinski definition) is 5. The van der Waals surface area contributed by atoms with Gasteiger partial charge in [-0.15, -0.1) is 0 Å². The SMILES string of the molecule is COC(=O)C(OC(C)=O)OC(C/C=C/[Si](C)(C)C)C1CCCCC1. The molecule has 1 saturated carbocycles. The second-order valence-corrected chi connectivity index (χ2v) is 12.6. The predicted molar refractivity (Wildman–Crippen MR) is 96.1 cm³/mol. The Labute approximate surface area is 146 Å². The Kier molecular flexibility index (Phi) is 8.70. The summed E-state index contributed by atoms with van der Waals surface area (Å²) >= 11 is 0. The molecule has 0 heterocycles. The number of ether oxygens (including phenoxy) is 3. The fourth-order valence-electron chi connectivity index (χ4n) is 2.96. The van der Waals surface area contributed by atoms with E-state index in [-0.39, 0.29) is 6.10 Å². The molecule has 24 heavy (non-hydrogen) atoms. The molecular formula is C18H32O5Si. The highest BCUT2D eigenvalue weighted by Gasteiger charge is 2.31. The van der Waals surface area contributed by atoms with Crippen LogP contribution in [0.4, 0.5) is 0 Å². The molecule has 2 unspecified atom stereocenters. The van der Waals surface area contributed by atoms with Crippen LogP contribution in [0, 0.1) is 5.92 Å². The molecule has 2 atom stereocenters. The highest BCUT2D eigenvalue weighted by Crippen LogP contribution is 2.30. The number of carbonyl (C=O) groups excluding carboxylic acids is 2. The molecule has 0 aromatic rings. The summed E-state index contributed by atoms with van der Waals surface area (Å²) in [5.74, 6) is -0.835. The van der Waals surface area contributed by atoms with E-state index >= 15 is 0 Å². The summed E-state index contributed by atoms with van der Waals surface area (Å²) in [5, 5.41) is 0. The minimum atomic E-state index is -1.28. The van der Waals surface area contributed by atoms with E-state index in [2.05, 4.69) is 31.4 Å². The van der Waals surface area contributed by atoms with Crippen LogP contribution < -0.4 is 0 Å². The zero-order valence-corrected chi connectivity index (χ0v) is 16.7. The van der Waals surface area contributed by atoms with E-state index in [0.717, 1.165) is 19.3 Å². The first kappa shape index (κ1) is 20.9. The van der Waals surface area contributed by atoms with Crippen molar-refractivity contribution in [2.45, 2.75) is 77.5 Å². The number of esters is 2. The van der Waals surface area contributed by atoms with Crippen molar-refractivity contribution in [3.8, 4) is 0 Å². The molecule has 1 aliphatic rings. The summed E-state index contributed by atoms with van der Waals surface area (Å²) in [4.78, 5) is 23.1. The van der Waals surface area contributed by atoms with Crippen molar-refractivity contribution < 1.29 is 23.8 Å². The maximum atomic E-state index is 11.9. The van der Waals surface area contributed by atoms with Crippen LogP contribution in [0.3, 0.4) is 0 Å². The molecule has 138 valence electrons. The van der Waals surface area contributed by atoms with Crippen LogP contribution in [0.1, 0.15) is 45.4 Å². The zero-order valence-electron chi connectivity index (χ0n) is 15.7. The Morgan fingerprint density at radius 1 is 1.17 bits per heavy atom. The fourth-order valence-corrected chi connectivity index (χ4v) is 3.80. The third kappa shape index (κ3) is 8.10. The third-order valence-corrected chi connectivity index (χ3v) is 5.36. The normalized spacial score (nSPS) is 19.0. The Balaban J connectivity index is 2.82. The largest absolute Gasteiger partial charge is 0.464 e. The zero-order chi connectivity index (χ0) is 18.2. The maximum absolute atomic E-state index is 11.9. The topological polar surface area (TPSA) is 61.8 Å². The second kappa shape index (κ2) is 9.99. The molecule has 6 heteroatoms. The summed E-state index contributed by atoms with van der Waals surface area (Å²) in [6.07, 6.45) is 7.24. The molecule has 1 fully saturated rings. The quantitative estimate of drug-likeness (QED) is 0.376. The van der Waals surface area contributed by atoms with Crippen LogP contribution in [0.15, 0.2) is 11.8 Å². The van der Waals surface area contributed by atoms with Crippen LogP contribution in [0.2, 0.25) is 19.6 Å². The van der Waals surface area contributed by atoms with Crippen LogP contribution >= 0.6 is 0 Å². The second-order valence-electron chi connectivity index (χ2n) is 7.54. The lowest BCUT2D eigenvalue weighted by molar-refractivity contribution is -0.211. The summed E-state index contributed by atoms with van der Waals surface area (Å²) in [6.45, 7) is 8.09. The van der Waals surface area contributed by atoms with E-state index in [1.54, 1.807) is 0 Å². The van der Waals surface area contributed by atoms with E-state index < -0.39 is 26.3 Å². The van der Waals surface area contributed by atoms with Crippen molar-refractivity contribution in [2.75, 3.05) is 7.11 Å². The number of carbonyl (C=O) groups is 2. The first-order valence-corrected chi connectivity index (χ1v) is 12.4. The molecule has 5 nitrogen and oxygen atoms in total. The van der Waals surface area contributed by atoms with Gasteiger partial charge in [-0.25, -0.2) is 4.79 Å². The molecule has 0 radical (unpaired) electrons. The molecule has 0 saturated heterocycles. The van der Waals surface area contributed by atoms with Gasteiger partial charge in [-0.3, -0.25) is 4.79 Å². The monoisotopic (exact) mass is 356 g/mol. The molecule has 0 aromatic heterocycles. The lowest BCUT2D eigenvalue weighted by Gasteiger charge is -2.31. The highest BCUT2D eigenvalue weighted by molar-refractivity contribution is 6.80. The minimum absolute atomic E-state index is 0.138. The molecule has 0 spiro atoms. The molecule has 0 bridgehead atoms. The van der Waals surface area contributed by atoms with Gasteiger partial charge >= 0.3 is 18.2 Å². The van der Waals surface area contributed by atoms with Crippen molar-refractivity contribution in [3.05, 3.63) is 11.8 Å². The van der Waals surface area contributed by atoms with Crippen LogP contribution in [-0.2, 0) is 23.8 Å². The molecule has 0 N–H and O–H groups in total. The van der Waals surface area contributed by atoms with Crippen LogP contribution in [0.25, 0.3) is 0 Å². The van der Waals surface area contributed by atoms with Gasteiger partial charge < -0.3 is 14.2 Å². The molecule has 1 rings (SSSR count). The van der Waals surface area contributed by atoms with Crippen molar-refractivity contribution in [1.82, 2.24) is 0 Å².